The van der Waals surface area contributed by atoms with Crippen LogP contribution < -0.4 is 5.43 Å². The summed E-state index contributed by atoms with van der Waals surface area (Å²) in [6, 6.07) is 3.64. The predicted molar refractivity (Wildman–Crippen MR) is 88.0 cm³/mol. The van der Waals surface area contributed by atoms with E-state index in [9.17, 15) is 20.2 Å². The number of anilines is 1. The number of hydrogen-bond acceptors (Lipinski definition) is 6. The maximum absolute atomic E-state index is 11.3. The van der Waals surface area contributed by atoms with Crippen molar-refractivity contribution in [2.75, 3.05) is 5.43 Å². The lowest BCUT2D eigenvalue weighted by Crippen LogP contribution is -2.44. The number of non-ortho nitro benzene ring substituents is 1. The van der Waals surface area contributed by atoms with Crippen LogP contribution in [0.25, 0.3) is 0 Å². The largest absolute Gasteiger partial charge is 0.301 e. The smallest absolute Gasteiger partial charge is 0.272 e. The van der Waals surface area contributed by atoms with E-state index in [1.807, 2.05) is 0 Å². The molecule has 0 spiro atoms. The van der Waals surface area contributed by atoms with E-state index < -0.39 is 9.85 Å². The van der Waals surface area contributed by atoms with E-state index >= 15 is 0 Å². The van der Waals surface area contributed by atoms with Gasteiger partial charge in [0, 0.05) is 23.6 Å². The Morgan fingerprint density at radius 3 is 2.48 bits per heavy atom. The highest BCUT2D eigenvalue weighted by Gasteiger charge is 2.79. The number of nitrogens with zero attached hydrogens (tertiary/aromatic N) is 3. The second kappa shape index (κ2) is 4.17. The van der Waals surface area contributed by atoms with Gasteiger partial charge in [-0.15, -0.1) is 0 Å². The number of benzene rings is 1. The molecule has 8 atom stereocenters. The topological polar surface area (TPSA) is 111 Å². The Morgan fingerprint density at radius 2 is 1.72 bits per heavy atom. The Hall–Kier alpha value is -2.51. The highest BCUT2D eigenvalue weighted by molar-refractivity contribution is 5.96. The maximum Gasteiger partial charge on any atom is 0.301 e. The van der Waals surface area contributed by atoms with Crippen molar-refractivity contribution in [1.82, 2.24) is 0 Å². The van der Waals surface area contributed by atoms with Crippen molar-refractivity contribution in [1.29, 1.82) is 0 Å². The van der Waals surface area contributed by atoms with Gasteiger partial charge in [0.05, 0.1) is 15.9 Å². The lowest BCUT2D eigenvalue weighted by atomic mass is 9.59. The molecule has 0 heterocycles. The average molecular weight is 340 g/mol. The zero-order chi connectivity index (χ0) is 17.0. The number of nitro benzene ring substituents is 2. The number of hydrazone groups is 1. The van der Waals surface area contributed by atoms with Gasteiger partial charge in [-0.3, -0.25) is 25.7 Å². The molecule has 8 heteroatoms. The minimum atomic E-state index is -0.627. The first-order valence-electron chi connectivity index (χ1n) is 8.82. The Labute approximate surface area is 142 Å². The lowest BCUT2D eigenvalue weighted by Gasteiger charge is -2.44. The zero-order valence-electron chi connectivity index (χ0n) is 13.2. The molecule has 8 nitrogen and oxygen atoms in total. The summed E-state index contributed by atoms with van der Waals surface area (Å²) in [5.41, 5.74) is 3.73. The molecule has 0 unspecified atom stereocenters. The average Bonchev–Trinajstić information content (AvgIpc) is 3.12. The highest BCUT2D eigenvalue weighted by Crippen LogP contribution is 2.81. The van der Waals surface area contributed by atoms with Crippen LogP contribution in [0.2, 0.25) is 0 Å². The predicted octanol–water partition coefficient (Wildman–Crippen LogP) is 3.05. The van der Waals surface area contributed by atoms with Crippen LogP contribution in [0.3, 0.4) is 0 Å². The fraction of sp³-hybridized carbons (Fsp3) is 0.588. The molecule has 0 amide bonds. The van der Waals surface area contributed by atoms with Gasteiger partial charge in [-0.05, 0) is 54.4 Å². The van der Waals surface area contributed by atoms with Crippen molar-refractivity contribution < 1.29 is 9.85 Å². The monoisotopic (exact) mass is 340 g/mol. The fourth-order valence-electron chi connectivity index (χ4n) is 7.29. The van der Waals surface area contributed by atoms with Crippen LogP contribution in [0.5, 0.6) is 0 Å². The van der Waals surface area contributed by atoms with Crippen molar-refractivity contribution >= 4 is 22.8 Å². The number of nitrogens with one attached hydrogen (secondary N) is 1. The van der Waals surface area contributed by atoms with E-state index in [-0.39, 0.29) is 17.1 Å². The van der Waals surface area contributed by atoms with Gasteiger partial charge in [-0.2, -0.15) is 5.10 Å². The third kappa shape index (κ3) is 1.43. The molecule has 6 rings (SSSR count). The van der Waals surface area contributed by atoms with Gasteiger partial charge in [-0.1, -0.05) is 0 Å². The van der Waals surface area contributed by atoms with E-state index in [1.54, 1.807) is 0 Å². The third-order valence-electron chi connectivity index (χ3n) is 7.74. The molecule has 128 valence electrons. The lowest BCUT2D eigenvalue weighted by molar-refractivity contribution is -0.393. The molecule has 1 N–H and O–H groups in total. The summed E-state index contributed by atoms with van der Waals surface area (Å²) in [6.45, 7) is 0. The van der Waals surface area contributed by atoms with Gasteiger partial charge in [0.15, 0.2) is 0 Å². The molecule has 1 aromatic rings. The minimum Gasteiger partial charge on any atom is -0.272 e. The fourth-order valence-corrected chi connectivity index (χ4v) is 7.29. The number of rotatable bonds is 4. The Morgan fingerprint density at radius 1 is 0.960 bits per heavy atom. The molecular formula is C17H16N4O4. The van der Waals surface area contributed by atoms with Gasteiger partial charge in [0.25, 0.3) is 5.69 Å². The van der Waals surface area contributed by atoms with Crippen LogP contribution in [-0.2, 0) is 0 Å². The minimum absolute atomic E-state index is 0.224. The molecule has 1 aromatic carbocycles. The molecule has 2 bridgehead atoms. The Balaban J connectivity index is 1.34. The van der Waals surface area contributed by atoms with Gasteiger partial charge in [-0.25, -0.2) is 0 Å². The molecule has 0 saturated heterocycles. The van der Waals surface area contributed by atoms with Crippen LogP contribution in [0, 0.1) is 67.6 Å². The van der Waals surface area contributed by atoms with Gasteiger partial charge >= 0.3 is 5.69 Å². The number of nitro groups is 2. The summed E-state index contributed by atoms with van der Waals surface area (Å²) in [6.07, 6.45) is 2.71. The second-order valence-corrected chi connectivity index (χ2v) is 8.20. The SMILES string of the molecule is O=[N+]([O-])c1ccc(N/N=C2/[C@@H]3[C@@H]4C[C@@H]5[C@@H]2[C@@H]2[C@H]3C[C@H]4[C@@H]52)c([N+](=O)[O-])c1. The molecular weight excluding hydrogens is 324 g/mol. The standard InChI is InChI=1S/C17H16N4O4/c22-20(23)6-1-2-11(12(3-6)21(24)25)18-19-17-14-8-5-9-13-7(8)4-10(14)15(13)16(9)17/h1-3,7-10,13-16,18H,4-5H2/b19-17-/t7-,8-,9+,10+,13+,14-,15-,16-/m1/s1. The molecule has 5 saturated carbocycles. The first kappa shape index (κ1) is 13.7. The second-order valence-electron chi connectivity index (χ2n) is 8.20. The summed E-state index contributed by atoms with van der Waals surface area (Å²) >= 11 is 0. The van der Waals surface area contributed by atoms with Crippen molar-refractivity contribution in [3.05, 3.63) is 38.4 Å². The van der Waals surface area contributed by atoms with E-state index in [1.165, 1.54) is 30.7 Å². The summed E-state index contributed by atoms with van der Waals surface area (Å²) in [5, 5.41) is 26.7. The van der Waals surface area contributed by atoms with E-state index in [4.69, 9.17) is 0 Å². The van der Waals surface area contributed by atoms with E-state index in [2.05, 4.69) is 10.5 Å². The molecule has 25 heavy (non-hydrogen) atoms. The van der Waals surface area contributed by atoms with Crippen LogP contribution in [0.1, 0.15) is 12.8 Å². The summed E-state index contributed by atoms with van der Waals surface area (Å²) in [7, 11) is 0. The van der Waals surface area contributed by atoms with Crippen LogP contribution in [0.4, 0.5) is 17.1 Å². The van der Waals surface area contributed by atoms with Gasteiger partial charge < -0.3 is 0 Å². The molecule has 0 aliphatic heterocycles. The van der Waals surface area contributed by atoms with E-state index in [0.717, 1.165) is 41.6 Å². The Bertz CT molecular complexity index is 877. The number of fused-ring (bicyclic) bond motifs is 2. The molecule has 5 fully saturated rings. The zero-order valence-corrected chi connectivity index (χ0v) is 13.2. The van der Waals surface area contributed by atoms with Gasteiger partial charge in [0.2, 0.25) is 0 Å². The van der Waals surface area contributed by atoms with Crippen LogP contribution in [-0.4, -0.2) is 15.6 Å². The quantitative estimate of drug-likeness (QED) is 0.669. The number of hydrogen-bond donors (Lipinski definition) is 1. The van der Waals surface area contributed by atoms with Crippen molar-refractivity contribution in [3.8, 4) is 0 Å². The van der Waals surface area contributed by atoms with Crippen LogP contribution in [0.15, 0.2) is 23.3 Å². The first-order chi connectivity index (χ1) is 12.1. The molecule has 5 aliphatic carbocycles. The molecule has 0 aromatic heterocycles. The third-order valence-corrected chi connectivity index (χ3v) is 7.74. The molecule has 5 aliphatic rings. The van der Waals surface area contributed by atoms with Crippen LogP contribution >= 0.6 is 0 Å². The normalized spacial score (nSPS) is 45.2. The summed E-state index contributed by atoms with van der Waals surface area (Å²) < 4.78 is 0. The Kier molecular flexibility index (Phi) is 2.29. The molecule has 0 radical (unpaired) electrons. The van der Waals surface area contributed by atoms with Crippen molar-refractivity contribution in [2.45, 2.75) is 12.8 Å². The van der Waals surface area contributed by atoms with Crippen molar-refractivity contribution in [3.63, 3.8) is 0 Å². The van der Waals surface area contributed by atoms with Gasteiger partial charge in [0.1, 0.15) is 5.69 Å². The van der Waals surface area contributed by atoms with E-state index in [0.29, 0.717) is 11.8 Å². The maximum atomic E-state index is 11.3. The van der Waals surface area contributed by atoms with Crippen molar-refractivity contribution in [2.24, 2.45) is 52.4 Å². The summed E-state index contributed by atoms with van der Waals surface area (Å²) in [5.74, 6) is 6.15. The summed E-state index contributed by atoms with van der Waals surface area (Å²) in [4.78, 5) is 20.9. The first-order valence-corrected chi connectivity index (χ1v) is 8.82. The highest BCUT2D eigenvalue weighted by atomic mass is 16.6.